The van der Waals surface area contributed by atoms with Crippen molar-refractivity contribution < 1.29 is 0 Å². The molecule has 20 heavy (non-hydrogen) atoms. The van der Waals surface area contributed by atoms with Crippen molar-refractivity contribution in [3.05, 3.63) is 33.8 Å². The van der Waals surface area contributed by atoms with Crippen molar-refractivity contribution in [2.24, 2.45) is 17.3 Å². The Labute approximate surface area is 132 Å². The van der Waals surface area contributed by atoms with E-state index in [2.05, 4.69) is 18.3 Å². The standard InChI is InChI=1S/C17H23Cl2N/c1-2-5-20-11-17(8-12-6-13(12)9-17)10-14-7-15(18)3-4-16(14)19/h3-4,7,12-13,20H,2,5-6,8-11H2,1H3. The van der Waals surface area contributed by atoms with Crippen LogP contribution in [0.3, 0.4) is 0 Å². The molecule has 0 spiro atoms. The third-order valence-corrected chi connectivity index (χ3v) is 5.56. The van der Waals surface area contributed by atoms with Crippen LogP contribution < -0.4 is 5.32 Å². The molecule has 3 rings (SSSR count). The Morgan fingerprint density at radius 2 is 2.00 bits per heavy atom. The first-order valence-electron chi connectivity index (χ1n) is 7.76. The van der Waals surface area contributed by atoms with Gasteiger partial charge in [0, 0.05) is 16.6 Å². The summed E-state index contributed by atoms with van der Waals surface area (Å²) < 4.78 is 0. The summed E-state index contributed by atoms with van der Waals surface area (Å²) in [6.07, 6.45) is 6.43. The van der Waals surface area contributed by atoms with Gasteiger partial charge in [-0.05, 0) is 79.7 Å². The lowest BCUT2D eigenvalue weighted by Gasteiger charge is -2.32. The second-order valence-corrected chi connectivity index (χ2v) is 7.60. The summed E-state index contributed by atoms with van der Waals surface area (Å²) in [5, 5.41) is 5.30. The summed E-state index contributed by atoms with van der Waals surface area (Å²) in [5.41, 5.74) is 1.62. The number of nitrogens with one attached hydrogen (secondary N) is 1. The van der Waals surface area contributed by atoms with Gasteiger partial charge in [-0.15, -0.1) is 0 Å². The lowest BCUT2D eigenvalue weighted by atomic mass is 9.77. The molecule has 1 N–H and O–H groups in total. The van der Waals surface area contributed by atoms with Crippen LogP contribution in [0.15, 0.2) is 18.2 Å². The zero-order chi connectivity index (χ0) is 14.2. The average Bonchev–Trinajstić information content (AvgIpc) is 3.03. The first kappa shape index (κ1) is 14.7. The van der Waals surface area contributed by atoms with Crippen LogP contribution in [0, 0.1) is 17.3 Å². The fraction of sp³-hybridized carbons (Fsp3) is 0.647. The maximum absolute atomic E-state index is 6.37. The van der Waals surface area contributed by atoms with Gasteiger partial charge in [0.05, 0.1) is 0 Å². The van der Waals surface area contributed by atoms with E-state index in [4.69, 9.17) is 23.2 Å². The third kappa shape index (κ3) is 3.16. The lowest BCUT2D eigenvalue weighted by Crippen LogP contribution is -2.35. The van der Waals surface area contributed by atoms with Gasteiger partial charge in [0.15, 0.2) is 0 Å². The van der Waals surface area contributed by atoms with Crippen LogP contribution in [0.5, 0.6) is 0 Å². The molecule has 1 nitrogen and oxygen atoms in total. The summed E-state index contributed by atoms with van der Waals surface area (Å²) in [6.45, 7) is 4.46. The minimum atomic E-state index is 0.400. The van der Waals surface area contributed by atoms with E-state index < -0.39 is 0 Å². The molecule has 2 unspecified atom stereocenters. The van der Waals surface area contributed by atoms with Crippen molar-refractivity contribution in [2.75, 3.05) is 13.1 Å². The van der Waals surface area contributed by atoms with Crippen LogP contribution in [0.4, 0.5) is 0 Å². The Bertz CT molecular complexity index is 476. The van der Waals surface area contributed by atoms with Crippen LogP contribution in [0.25, 0.3) is 0 Å². The van der Waals surface area contributed by atoms with Crippen molar-refractivity contribution in [3.8, 4) is 0 Å². The SMILES string of the molecule is CCCNCC1(Cc2cc(Cl)ccc2Cl)CC2CC2C1. The molecule has 2 saturated carbocycles. The Morgan fingerprint density at radius 3 is 2.70 bits per heavy atom. The van der Waals surface area contributed by atoms with Gasteiger partial charge >= 0.3 is 0 Å². The van der Waals surface area contributed by atoms with Gasteiger partial charge in [-0.3, -0.25) is 0 Å². The largest absolute Gasteiger partial charge is 0.316 e. The van der Waals surface area contributed by atoms with E-state index in [0.29, 0.717) is 5.41 Å². The minimum absolute atomic E-state index is 0.400. The summed E-state index contributed by atoms with van der Waals surface area (Å²) in [6, 6.07) is 5.86. The Kier molecular flexibility index (Phi) is 4.31. The smallest absolute Gasteiger partial charge is 0.0439 e. The number of fused-ring (bicyclic) bond motifs is 1. The highest BCUT2D eigenvalue weighted by molar-refractivity contribution is 6.33. The van der Waals surface area contributed by atoms with Crippen molar-refractivity contribution in [2.45, 2.75) is 39.0 Å². The maximum atomic E-state index is 6.37. The van der Waals surface area contributed by atoms with Crippen molar-refractivity contribution in [1.82, 2.24) is 5.32 Å². The van der Waals surface area contributed by atoms with Crippen molar-refractivity contribution in [1.29, 1.82) is 0 Å². The molecule has 0 radical (unpaired) electrons. The summed E-state index contributed by atoms with van der Waals surface area (Å²) >= 11 is 12.5. The average molecular weight is 312 g/mol. The highest BCUT2D eigenvalue weighted by atomic mass is 35.5. The third-order valence-electron chi connectivity index (χ3n) is 4.96. The molecule has 0 saturated heterocycles. The molecular formula is C17H23Cl2N. The van der Waals surface area contributed by atoms with Gasteiger partial charge in [-0.2, -0.15) is 0 Å². The van der Waals surface area contributed by atoms with E-state index in [0.717, 1.165) is 41.4 Å². The number of hydrogen-bond donors (Lipinski definition) is 1. The lowest BCUT2D eigenvalue weighted by molar-refractivity contribution is 0.249. The van der Waals surface area contributed by atoms with Gasteiger partial charge in [-0.1, -0.05) is 30.1 Å². The molecule has 0 aromatic heterocycles. The second kappa shape index (κ2) is 5.87. The molecule has 110 valence electrons. The van der Waals surface area contributed by atoms with Crippen LogP contribution in [-0.2, 0) is 6.42 Å². The first-order chi connectivity index (χ1) is 9.62. The van der Waals surface area contributed by atoms with Gasteiger partial charge in [0.2, 0.25) is 0 Å². The molecule has 0 aliphatic heterocycles. The monoisotopic (exact) mass is 311 g/mol. The fourth-order valence-electron chi connectivity index (χ4n) is 3.97. The number of benzene rings is 1. The highest BCUT2D eigenvalue weighted by Crippen LogP contribution is 2.60. The Hall–Kier alpha value is -0.240. The zero-order valence-corrected chi connectivity index (χ0v) is 13.6. The highest BCUT2D eigenvalue weighted by Gasteiger charge is 2.53. The molecule has 1 aromatic rings. The van der Waals surface area contributed by atoms with Crippen molar-refractivity contribution >= 4 is 23.2 Å². The first-order valence-corrected chi connectivity index (χ1v) is 8.52. The normalized spacial score (nSPS) is 31.4. The fourth-order valence-corrected chi connectivity index (χ4v) is 4.35. The summed E-state index contributed by atoms with van der Waals surface area (Å²) in [4.78, 5) is 0. The molecule has 2 aliphatic rings. The quantitative estimate of drug-likeness (QED) is 0.733. The Morgan fingerprint density at radius 1 is 1.25 bits per heavy atom. The minimum Gasteiger partial charge on any atom is -0.316 e. The molecule has 1 aromatic carbocycles. The predicted octanol–water partition coefficient (Wildman–Crippen LogP) is 4.95. The molecular weight excluding hydrogens is 289 g/mol. The van der Waals surface area contributed by atoms with Crippen LogP contribution in [0.2, 0.25) is 10.0 Å². The predicted molar refractivity (Wildman–Crippen MR) is 86.6 cm³/mol. The maximum Gasteiger partial charge on any atom is 0.0439 e. The summed E-state index contributed by atoms with van der Waals surface area (Å²) in [5.74, 6) is 1.97. The molecule has 3 heteroatoms. The molecule has 2 atom stereocenters. The number of rotatable bonds is 6. The molecule has 0 heterocycles. The molecule has 0 amide bonds. The van der Waals surface area contributed by atoms with E-state index in [1.165, 1.54) is 31.2 Å². The van der Waals surface area contributed by atoms with Crippen LogP contribution >= 0.6 is 23.2 Å². The van der Waals surface area contributed by atoms with Gasteiger partial charge in [-0.25, -0.2) is 0 Å². The number of hydrogen-bond acceptors (Lipinski definition) is 1. The van der Waals surface area contributed by atoms with E-state index in [-0.39, 0.29) is 0 Å². The van der Waals surface area contributed by atoms with Gasteiger partial charge in [0.25, 0.3) is 0 Å². The van der Waals surface area contributed by atoms with Crippen molar-refractivity contribution in [3.63, 3.8) is 0 Å². The number of halogens is 2. The topological polar surface area (TPSA) is 12.0 Å². The Balaban J connectivity index is 1.74. The van der Waals surface area contributed by atoms with Crippen LogP contribution in [-0.4, -0.2) is 13.1 Å². The van der Waals surface area contributed by atoms with Gasteiger partial charge < -0.3 is 5.32 Å². The molecule has 2 fully saturated rings. The summed E-state index contributed by atoms with van der Waals surface area (Å²) in [7, 11) is 0. The van der Waals surface area contributed by atoms with Crippen LogP contribution in [0.1, 0.15) is 38.2 Å². The van der Waals surface area contributed by atoms with E-state index >= 15 is 0 Å². The van der Waals surface area contributed by atoms with Gasteiger partial charge in [0.1, 0.15) is 0 Å². The molecule has 0 bridgehead atoms. The van der Waals surface area contributed by atoms with E-state index in [1.807, 2.05) is 12.1 Å². The van der Waals surface area contributed by atoms with E-state index in [1.54, 1.807) is 0 Å². The second-order valence-electron chi connectivity index (χ2n) is 6.75. The van der Waals surface area contributed by atoms with E-state index in [9.17, 15) is 0 Å². The zero-order valence-electron chi connectivity index (χ0n) is 12.1. The molecule has 2 aliphatic carbocycles.